The molecule has 3 rings (SSSR count). The molecule has 0 radical (unpaired) electrons. The van der Waals surface area contributed by atoms with Gasteiger partial charge in [0.25, 0.3) is 0 Å². The first-order chi connectivity index (χ1) is 11.6. The van der Waals surface area contributed by atoms with Crippen LogP contribution in [0.3, 0.4) is 0 Å². The van der Waals surface area contributed by atoms with Gasteiger partial charge in [-0.1, -0.05) is 19.8 Å². The summed E-state index contributed by atoms with van der Waals surface area (Å²) in [7, 11) is 0. The average molecular weight is 337 g/mol. The first kappa shape index (κ1) is 17.0. The number of aliphatic hydroxyl groups is 2. The fourth-order valence-corrected chi connectivity index (χ4v) is 2.81. The lowest BCUT2D eigenvalue weighted by molar-refractivity contribution is -0.0656. The van der Waals surface area contributed by atoms with Gasteiger partial charge < -0.3 is 25.4 Å². The molecule has 0 aliphatic carbocycles. The van der Waals surface area contributed by atoms with Crippen molar-refractivity contribution in [3.8, 4) is 0 Å². The number of rotatable bonds is 7. The van der Waals surface area contributed by atoms with Crippen LogP contribution in [0.15, 0.2) is 12.7 Å². The molecule has 0 bridgehead atoms. The first-order valence-electron chi connectivity index (χ1n) is 8.15. The van der Waals surface area contributed by atoms with E-state index in [1.54, 1.807) is 4.57 Å². The molecule has 0 aromatic carbocycles. The summed E-state index contributed by atoms with van der Waals surface area (Å²) < 4.78 is 12.9. The molecule has 4 atom stereocenters. The van der Waals surface area contributed by atoms with Gasteiger partial charge >= 0.3 is 0 Å². The zero-order chi connectivity index (χ0) is 17.1. The number of nitrogens with two attached hydrogens (primary N) is 1. The Morgan fingerprint density at radius 1 is 1.25 bits per heavy atom. The van der Waals surface area contributed by atoms with Crippen molar-refractivity contribution in [3.05, 3.63) is 12.7 Å². The van der Waals surface area contributed by atoms with E-state index >= 15 is 0 Å². The van der Waals surface area contributed by atoms with Gasteiger partial charge in [0.2, 0.25) is 0 Å². The maximum Gasteiger partial charge on any atom is 0.167 e. The Morgan fingerprint density at radius 3 is 2.88 bits per heavy atom. The second-order valence-corrected chi connectivity index (χ2v) is 5.91. The second kappa shape index (κ2) is 7.39. The Bertz CT molecular complexity index is 679. The van der Waals surface area contributed by atoms with Crippen LogP contribution in [0.5, 0.6) is 0 Å². The molecule has 2 aromatic heterocycles. The van der Waals surface area contributed by atoms with Crippen molar-refractivity contribution in [3.63, 3.8) is 0 Å². The molecular formula is C15H23N5O4. The molecule has 9 heteroatoms. The lowest BCUT2D eigenvalue weighted by Crippen LogP contribution is -2.33. The minimum Gasteiger partial charge on any atom is -0.387 e. The van der Waals surface area contributed by atoms with Crippen molar-refractivity contribution >= 4 is 17.0 Å². The highest BCUT2D eigenvalue weighted by atomic mass is 16.6. The summed E-state index contributed by atoms with van der Waals surface area (Å²) in [6, 6.07) is 0. The number of imidazole rings is 1. The third kappa shape index (κ3) is 3.20. The third-order valence-corrected chi connectivity index (χ3v) is 4.17. The predicted molar refractivity (Wildman–Crippen MR) is 86.0 cm³/mol. The van der Waals surface area contributed by atoms with E-state index in [2.05, 4.69) is 21.9 Å². The van der Waals surface area contributed by atoms with E-state index in [-0.39, 0.29) is 12.4 Å². The zero-order valence-corrected chi connectivity index (χ0v) is 13.6. The summed E-state index contributed by atoms with van der Waals surface area (Å²) in [6.07, 6.45) is 2.41. The highest BCUT2D eigenvalue weighted by molar-refractivity contribution is 5.81. The smallest absolute Gasteiger partial charge is 0.167 e. The third-order valence-electron chi connectivity index (χ3n) is 4.17. The molecular weight excluding hydrogens is 314 g/mol. The molecule has 24 heavy (non-hydrogen) atoms. The normalized spacial score (nSPS) is 27.1. The number of hydrogen-bond donors (Lipinski definition) is 3. The number of fused-ring (bicyclic) bond motifs is 1. The van der Waals surface area contributed by atoms with Crippen LogP contribution in [0.4, 0.5) is 5.82 Å². The van der Waals surface area contributed by atoms with Crippen molar-refractivity contribution in [1.29, 1.82) is 0 Å². The van der Waals surface area contributed by atoms with Gasteiger partial charge in [0.1, 0.15) is 30.2 Å². The van der Waals surface area contributed by atoms with E-state index in [0.717, 1.165) is 19.3 Å². The summed E-state index contributed by atoms with van der Waals surface area (Å²) in [4.78, 5) is 12.2. The van der Waals surface area contributed by atoms with Gasteiger partial charge in [0, 0.05) is 6.61 Å². The number of anilines is 1. The molecule has 1 aliphatic heterocycles. The molecule has 9 nitrogen and oxygen atoms in total. The van der Waals surface area contributed by atoms with Gasteiger partial charge in [-0.3, -0.25) is 4.57 Å². The molecule has 1 aliphatic rings. The van der Waals surface area contributed by atoms with Crippen LogP contribution in [-0.2, 0) is 9.47 Å². The van der Waals surface area contributed by atoms with Crippen molar-refractivity contribution in [2.75, 3.05) is 18.9 Å². The molecule has 1 fully saturated rings. The van der Waals surface area contributed by atoms with Gasteiger partial charge in [0.15, 0.2) is 17.7 Å². The number of hydrogen-bond acceptors (Lipinski definition) is 8. The Labute approximate surface area is 139 Å². The van der Waals surface area contributed by atoms with Crippen LogP contribution < -0.4 is 5.73 Å². The maximum absolute atomic E-state index is 10.3. The van der Waals surface area contributed by atoms with Gasteiger partial charge in [-0.05, 0) is 6.42 Å². The van der Waals surface area contributed by atoms with Crippen LogP contribution in [0.2, 0.25) is 0 Å². The highest BCUT2D eigenvalue weighted by Gasteiger charge is 2.44. The fourth-order valence-electron chi connectivity index (χ4n) is 2.81. The Morgan fingerprint density at radius 2 is 2.08 bits per heavy atom. The molecule has 3 heterocycles. The average Bonchev–Trinajstić information content (AvgIpc) is 3.12. The zero-order valence-electron chi connectivity index (χ0n) is 13.6. The highest BCUT2D eigenvalue weighted by Crippen LogP contribution is 2.32. The number of aliphatic hydroxyl groups excluding tert-OH is 2. The monoisotopic (exact) mass is 337 g/mol. The summed E-state index contributed by atoms with van der Waals surface area (Å²) in [5, 5.41) is 20.5. The Kier molecular flexibility index (Phi) is 5.24. The van der Waals surface area contributed by atoms with Crippen molar-refractivity contribution < 1.29 is 19.7 Å². The lowest BCUT2D eigenvalue weighted by atomic mass is 10.1. The summed E-state index contributed by atoms with van der Waals surface area (Å²) in [5.41, 5.74) is 6.64. The van der Waals surface area contributed by atoms with Gasteiger partial charge in [-0.2, -0.15) is 0 Å². The molecule has 132 valence electrons. The summed E-state index contributed by atoms with van der Waals surface area (Å²) >= 11 is 0. The SMILES string of the molecule is CCCCCOC[C@H]1O[C@@H](n2cnc3c(N)ncnc32)[C@@H](O)[C@@H]1O. The predicted octanol–water partition coefficient (Wildman–Crippen LogP) is 0.234. The van der Waals surface area contributed by atoms with Crippen LogP contribution in [0.1, 0.15) is 32.4 Å². The molecule has 4 N–H and O–H groups in total. The van der Waals surface area contributed by atoms with E-state index < -0.39 is 24.5 Å². The van der Waals surface area contributed by atoms with Crippen LogP contribution in [-0.4, -0.2) is 61.3 Å². The molecule has 2 aromatic rings. The summed E-state index contributed by atoms with van der Waals surface area (Å²) in [5.74, 6) is 0.252. The topological polar surface area (TPSA) is 129 Å². The minimum atomic E-state index is -1.11. The van der Waals surface area contributed by atoms with Crippen molar-refractivity contribution in [2.45, 2.75) is 50.7 Å². The number of unbranched alkanes of at least 4 members (excludes halogenated alkanes) is 2. The summed E-state index contributed by atoms with van der Waals surface area (Å²) in [6.45, 7) is 2.96. The van der Waals surface area contributed by atoms with E-state index in [1.807, 2.05) is 0 Å². The molecule has 0 saturated carbocycles. The number of nitrogens with zero attached hydrogens (tertiary/aromatic N) is 4. The van der Waals surface area contributed by atoms with Crippen molar-refractivity contribution in [2.24, 2.45) is 0 Å². The standard InChI is InChI=1S/C15H23N5O4/c1-2-3-4-5-23-6-9-11(21)12(22)15(24-9)20-8-19-10-13(16)17-7-18-14(10)20/h7-9,11-12,15,21-22H,2-6H2,1H3,(H2,16,17,18)/t9-,11-,12+,15-/m1/s1. The number of nitrogen functional groups attached to an aromatic ring is 1. The van der Waals surface area contributed by atoms with E-state index in [9.17, 15) is 10.2 Å². The quantitative estimate of drug-likeness (QED) is 0.613. The minimum absolute atomic E-state index is 0.224. The van der Waals surface area contributed by atoms with E-state index in [0.29, 0.717) is 17.8 Å². The lowest BCUT2D eigenvalue weighted by Gasteiger charge is -2.16. The van der Waals surface area contributed by atoms with Crippen LogP contribution in [0, 0.1) is 0 Å². The molecule has 0 amide bonds. The van der Waals surface area contributed by atoms with Gasteiger partial charge in [0.05, 0.1) is 12.9 Å². The molecule has 0 unspecified atom stereocenters. The Hall–Kier alpha value is -1.81. The Balaban J connectivity index is 1.69. The largest absolute Gasteiger partial charge is 0.387 e. The molecule has 0 spiro atoms. The number of ether oxygens (including phenoxy) is 2. The van der Waals surface area contributed by atoms with E-state index in [4.69, 9.17) is 15.2 Å². The van der Waals surface area contributed by atoms with Gasteiger partial charge in [-0.25, -0.2) is 15.0 Å². The second-order valence-electron chi connectivity index (χ2n) is 5.91. The van der Waals surface area contributed by atoms with Crippen LogP contribution >= 0.6 is 0 Å². The first-order valence-corrected chi connectivity index (χ1v) is 8.15. The molecule has 1 saturated heterocycles. The van der Waals surface area contributed by atoms with E-state index in [1.165, 1.54) is 12.7 Å². The van der Waals surface area contributed by atoms with Crippen LogP contribution in [0.25, 0.3) is 11.2 Å². The fraction of sp³-hybridized carbons (Fsp3) is 0.667. The van der Waals surface area contributed by atoms with Crippen molar-refractivity contribution in [1.82, 2.24) is 19.5 Å². The maximum atomic E-state index is 10.3. The van der Waals surface area contributed by atoms with Gasteiger partial charge in [-0.15, -0.1) is 0 Å². The number of aromatic nitrogens is 4.